The summed E-state index contributed by atoms with van der Waals surface area (Å²) in [5, 5.41) is 25.9. The maximum Gasteiger partial charge on any atom is 0.243 e. The molecule has 0 aliphatic rings. The Balaban J connectivity index is 2.19. The van der Waals surface area contributed by atoms with E-state index < -0.39 is 47.7 Å². The predicted octanol–water partition coefficient (Wildman–Crippen LogP) is -0.521. The number of hydrogen-bond donors (Lipinski definition) is 10. The lowest BCUT2D eigenvalue weighted by atomic mass is 9.88. The van der Waals surface area contributed by atoms with Crippen LogP contribution in [0.15, 0.2) is 36.4 Å². The maximum absolute atomic E-state index is 13.3. The van der Waals surface area contributed by atoms with Crippen molar-refractivity contribution >= 4 is 29.5 Å². The summed E-state index contributed by atoms with van der Waals surface area (Å²) < 4.78 is 0. The predicted molar refractivity (Wildman–Crippen MR) is 177 cm³/mol. The van der Waals surface area contributed by atoms with Gasteiger partial charge in [-0.15, -0.1) is 0 Å². The zero-order valence-electron chi connectivity index (χ0n) is 26.6. The van der Waals surface area contributed by atoms with E-state index in [0.717, 1.165) is 5.56 Å². The average Bonchev–Trinajstić information content (AvgIpc) is 3.00. The Morgan fingerprint density at radius 1 is 0.870 bits per heavy atom. The highest BCUT2D eigenvalue weighted by Crippen LogP contribution is 2.30. The van der Waals surface area contributed by atoms with Crippen LogP contribution in [0.5, 0.6) is 5.75 Å². The van der Waals surface area contributed by atoms with Gasteiger partial charge in [0.15, 0.2) is 11.7 Å². The topological polar surface area (TPSA) is 279 Å². The molecule has 46 heavy (non-hydrogen) atoms. The Kier molecular flexibility index (Phi) is 15.1. The standard InChI is InChI=1S/C32H49N9O5/c1-18-15-26(42)27(28(43)22(34)11-8-14-39-32(37)38)19(2)21(18)17-23(35)30(45)40-24(12-6-7-13-33)31(46)41-25(29(36)44)16-20-9-4-3-5-10-20/h3-5,9-10,15,22-25,42H,6-8,11-14,16-17,33-35H2,1-2H3,(H2,36,44)(H,40,45)(H,41,46)(H4,37,38,39)/t22-,23-,24+,25+/m1/s1. The van der Waals surface area contributed by atoms with Crippen LogP contribution in [0, 0.1) is 19.3 Å². The van der Waals surface area contributed by atoms with Crippen LogP contribution in [0.4, 0.5) is 0 Å². The van der Waals surface area contributed by atoms with Gasteiger partial charge in [-0.2, -0.15) is 0 Å². The van der Waals surface area contributed by atoms with Gasteiger partial charge < -0.3 is 49.7 Å². The fourth-order valence-corrected chi connectivity index (χ4v) is 5.19. The third kappa shape index (κ3) is 11.4. The number of Topliss-reactive ketones (excluding diaryl/α,β-unsaturated/α-hetero) is 1. The van der Waals surface area contributed by atoms with Crippen molar-refractivity contribution < 1.29 is 24.3 Å². The molecule has 0 spiro atoms. The number of phenols is 1. The van der Waals surface area contributed by atoms with Crippen LogP contribution in [0.1, 0.15) is 64.7 Å². The van der Waals surface area contributed by atoms with E-state index in [2.05, 4.69) is 16.0 Å². The van der Waals surface area contributed by atoms with Gasteiger partial charge in [0.25, 0.3) is 0 Å². The molecule has 14 heteroatoms. The van der Waals surface area contributed by atoms with E-state index in [1.165, 1.54) is 6.07 Å². The van der Waals surface area contributed by atoms with E-state index in [4.69, 9.17) is 34.1 Å². The molecule has 0 heterocycles. The van der Waals surface area contributed by atoms with Crippen LogP contribution in [-0.2, 0) is 27.2 Å². The zero-order valence-corrected chi connectivity index (χ0v) is 26.6. The van der Waals surface area contributed by atoms with Gasteiger partial charge in [-0.3, -0.25) is 24.6 Å². The number of primary amides is 1. The molecule has 0 aromatic heterocycles. The lowest BCUT2D eigenvalue weighted by Crippen LogP contribution is -2.56. The third-order valence-corrected chi connectivity index (χ3v) is 7.79. The number of carbonyl (C=O) groups is 4. The van der Waals surface area contributed by atoms with E-state index in [1.54, 1.807) is 13.8 Å². The van der Waals surface area contributed by atoms with Gasteiger partial charge >= 0.3 is 0 Å². The van der Waals surface area contributed by atoms with Crippen LogP contribution in [0.3, 0.4) is 0 Å². The van der Waals surface area contributed by atoms with Crippen LogP contribution in [0.25, 0.3) is 0 Å². The SMILES string of the molecule is Cc1cc(O)c(C(=O)[C@H](N)CCCNC(=N)N)c(C)c1C[C@@H](N)C(=O)N[C@@H](CCCCN)C(=O)N[C@@H](Cc1ccccc1)C(N)=O. The molecule has 0 aliphatic carbocycles. The second kappa shape index (κ2) is 18.4. The number of aromatic hydroxyl groups is 1. The summed E-state index contributed by atoms with van der Waals surface area (Å²) in [6.45, 7) is 4.16. The Bertz CT molecular complexity index is 1370. The Hall–Kier alpha value is -4.53. The average molecular weight is 640 g/mol. The molecule has 0 saturated heterocycles. The molecule has 2 rings (SSSR count). The summed E-state index contributed by atoms with van der Waals surface area (Å²) >= 11 is 0. The van der Waals surface area contributed by atoms with E-state index in [0.29, 0.717) is 55.5 Å². The molecule has 2 aromatic rings. The normalized spacial score (nSPS) is 13.6. The molecule has 252 valence electrons. The first-order chi connectivity index (χ1) is 21.8. The van der Waals surface area contributed by atoms with Crippen LogP contribution in [0.2, 0.25) is 0 Å². The number of rotatable bonds is 19. The summed E-state index contributed by atoms with van der Waals surface area (Å²) in [5.41, 5.74) is 31.5. The van der Waals surface area contributed by atoms with Gasteiger partial charge in [0, 0.05) is 13.0 Å². The van der Waals surface area contributed by atoms with Gasteiger partial charge in [0.05, 0.1) is 17.6 Å². The quantitative estimate of drug-likeness (QED) is 0.0406. The fraction of sp³-hybridized carbons (Fsp3) is 0.469. The minimum atomic E-state index is -1.11. The zero-order chi connectivity index (χ0) is 34.4. The number of hydrogen-bond acceptors (Lipinski definition) is 9. The second-order valence-corrected chi connectivity index (χ2v) is 11.5. The highest BCUT2D eigenvalue weighted by atomic mass is 16.3. The first-order valence-electron chi connectivity index (χ1n) is 15.4. The van der Waals surface area contributed by atoms with Gasteiger partial charge in [-0.1, -0.05) is 30.3 Å². The van der Waals surface area contributed by atoms with Crippen molar-refractivity contribution in [3.05, 3.63) is 64.2 Å². The third-order valence-electron chi connectivity index (χ3n) is 7.79. The number of carbonyl (C=O) groups excluding carboxylic acids is 4. The fourth-order valence-electron chi connectivity index (χ4n) is 5.19. The molecule has 0 aliphatic heterocycles. The first-order valence-corrected chi connectivity index (χ1v) is 15.4. The number of unbranched alkanes of at least 4 members (excludes halogenated alkanes) is 1. The van der Waals surface area contributed by atoms with E-state index >= 15 is 0 Å². The summed E-state index contributed by atoms with van der Waals surface area (Å²) in [5.74, 6) is -2.77. The molecule has 14 nitrogen and oxygen atoms in total. The smallest absolute Gasteiger partial charge is 0.243 e. The summed E-state index contributed by atoms with van der Waals surface area (Å²) in [7, 11) is 0. The number of guanidine groups is 1. The summed E-state index contributed by atoms with van der Waals surface area (Å²) in [4.78, 5) is 52.0. The molecule has 0 unspecified atom stereocenters. The van der Waals surface area contributed by atoms with Crippen molar-refractivity contribution in [1.82, 2.24) is 16.0 Å². The number of nitrogens with one attached hydrogen (secondary N) is 4. The Morgan fingerprint density at radius 2 is 1.52 bits per heavy atom. The van der Waals surface area contributed by atoms with Gasteiger partial charge in [-0.25, -0.2) is 0 Å². The molecule has 0 bridgehead atoms. The summed E-state index contributed by atoms with van der Waals surface area (Å²) in [6, 6.07) is 6.50. The number of amides is 3. The highest BCUT2D eigenvalue weighted by Gasteiger charge is 2.29. The minimum absolute atomic E-state index is 0.0108. The van der Waals surface area contributed by atoms with Crippen molar-refractivity contribution in [2.75, 3.05) is 13.1 Å². The van der Waals surface area contributed by atoms with Crippen molar-refractivity contribution in [2.24, 2.45) is 28.7 Å². The Morgan fingerprint density at radius 3 is 2.13 bits per heavy atom. The molecular formula is C32H49N9O5. The van der Waals surface area contributed by atoms with Crippen molar-refractivity contribution in [3.63, 3.8) is 0 Å². The lowest BCUT2D eigenvalue weighted by molar-refractivity contribution is -0.131. The molecule has 0 radical (unpaired) electrons. The lowest BCUT2D eigenvalue weighted by Gasteiger charge is -2.24. The molecule has 2 aromatic carbocycles. The molecule has 0 saturated carbocycles. The maximum atomic E-state index is 13.3. The number of benzene rings is 2. The van der Waals surface area contributed by atoms with E-state index in [-0.39, 0.29) is 36.5 Å². The number of ketones is 1. The van der Waals surface area contributed by atoms with Crippen molar-refractivity contribution in [3.8, 4) is 5.75 Å². The Labute approximate surface area is 269 Å². The van der Waals surface area contributed by atoms with Crippen LogP contribution >= 0.6 is 0 Å². The largest absolute Gasteiger partial charge is 0.507 e. The van der Waals surface area contributed by atoms with Crippen LogP contribution in [-0.4, -0.2) is 71.8 Å². The van der Waals surface area contributed by atoms with E-state index in [1.807, 2.05) is 30.3 Å². The number of phenolic OH excluding ortho intramolecular Hbond substituents is 1. The molecule has 15 N–H and O–H groups in total. The first kappa shape index (κ1) is 37.7. The number of aryl methyl sites for hydroxylation is 1. The van der Waals surface area contributed by atoms with Gasteiger partial charge in [-0.05, 0) is 87.2 Å². The van der Waals surface area contributed by atoms with Crippen molar-refractivity contribution in [2.45, 2.75) is 83.0 Å². The molecule has 4 atom stereocenters. The monoisotopic (exact) mass is 639 g/mol. The van der Waals surface area contributed by atoms with Gasteiger partial charge in [0.2, 0.25) is 17.7 Å². The van der Waals surface area contributed by atoms with E-state index in [9.17, 15) is 24.3 Å². The molecule has 3 amide bonds. The summed E-state index contributed by atoms with van der Waals surface area (Å²) in [6.07, 6.45) is 2.38. The second-order valence-electron chi connectivity index (χ2n) is 11.5. The van der Waals surface area contributed by atoms with Gasteiger partial charge in [0.1, 0.15) is 17.8 Å². The van der Waals surface area contributed by atoms with Crippen molar-refractivity contribution in [1.29, 1.82) is 5.41 Å². The number of nitrogens with two attached hydrogens (primary N) is 5. The molecule has 0 fully saturated rings. The minimum Gasteiger partial charge on any atom is -0.507 e. The highest BCUT2D eigenvalue weighted by molar-refractivity contribution is 6.04. The molecular weight excluding hydrogens is 590 g/mol. The van der Waals surface area contributed by atoms with Crippen LogP contribution < -0.4 is 44.6 Å².